The van der Waals surface area contributed by atoms with E-state index in [4.69, 9.17) is 4.74 Å². The first-order valence-electron chi connectivity index (χ1n) is 5.31. The van der Waals surface area contributed by atoms with E-state index in [0.29, 0.717) is 12.8 Å². The van der Waals surface area contributed by atoms with Gasteiger partial charge in [0.2, 0.25) is 0 Å². The number of carbonyl (C=O) groups is 2. The average Bonchev–Trinajstić information content (AvgIpc) is 2.34. The molecule has 1 rings (SSSR count). The number of hydrogen-bond donors (Lipinski definition) is 1. The summed E-state index contributed by atoms with van der Waals surface area (Å²) >= 11 is 0. The summed E-state index contributed by atoms with van der Waals surface area (Å²) in [4.78, 5) is 21.9. The van der Waals surface area contributed by atoms with Gasteiger partial charge in [0.1, 0.15) is 11.6 Å². The predicted octanol–water partition coefficient (Wildman–Crippen LogP) is 1.54. The number of nitrogens with one attached hydrogen (secondary N) is 1. The molecule has 0 aliphatic carbocycles. The lowest BCUT2D eigenvalue weighted by Crippen LogP contribution is -2.29. The van der Waals surface area contributed by atoms with Crippen LogP contribution in [0.5, 0.6) is 5.75 Å². The van der Waals surface area contributed by atoms with Crippen molar-refractivity contribution in [3.63, 3.8) is 0 Å². The van der Waals surface area contributed by atoms with Crippen molar-refractivity contribution >= 4 is 12.2 Å². The fraction of sp³-hybridized carbons (Fsp3) is 0.333. The summed E-state index contributed by atoms with van der Waals surface area (Å²) in [5, 5.41) is 2.63. The van der Waals surface area contributed by atoms with E-state index >= 15 is 0 Å². The number of aldehydes is 1. The number of amides is 1. The predicted molar refractivity (Wildman–Crippen MR) is 60.6 cm³/mol. The molecular weight excluding hydrogens is 225 g/mol. The molecule has 0 atom stereocenters. The minimum Gasteiger partial charge on any atom is -0.483 e. The van der Waals surface area contributed by atoms with Crippen molar-refractivity contribution < 1.29 is 18.7 Å². The highest BCUT2D eigenvalue weighted by Crippen LogP contribution is 2.17. The largest absolute Gasteiger partial charge is 0.483 e. The molecule has 1 amide bonds. The second-order valence-electron chi connectivity index (χ2n) is 3.44. The molecule has 0 unspecified atom stereocenters. The molecule has 0 saturated carbocycles. The highest BCUT2D eigenvalue weighted by molar-refractivity contribution is 5.80. The summed E-state index contributed by atoms with van der Waals surface area (Å²) < 4.78 is 17.9. The van der Waals surface area contributed by atoms with Gasteiger partial charge in [0.25, 0.3) is 5.91 Å². The van der Waals surface area contributed by atoms with Crippen molar-refractivity contribution in [2.24, 2.45) is 0 Å². The van der Waals surface area contributed by atoms with Crippen LogP contribution in [0.3, 0.4) is 0 Å². The number of rotatable bonds is 6. The Morgan fingerprint density at radius 3 is 2.94 bits per heavy atom. The van der Waals surface area contributed by atoms with Crippen LogP contribution in [-0.2, 0) is 4.79 Å². The Hall–Kier alpha value is -1.91. The van der Waals surface area contributed by atoms with Gasteiger partial charge in [0.15, 0.2) is 12.9 Å². The Balaban J connectivity index is 2.57. The van der Waals surface area contributed by atoms with Gasteiger partial charge in [-0.05, 0) is 24.6 Å². The first-order valence-corrected chi connectivity index (χ1v) is 5.31. The molecule has 4 nitrogen and oxygen atoms in total. The third-order valence-corrected chi connectivity index (χ3v) is 2.03. The zero-order chi connectivity index (χ0) is 12.7. The van der Waals surface area contributed by atoms with E-state index in [1.54, 1.807) is 0 Å². The summed E-state index contributed by atoms with van der Waals surface area (Å²) in [5.74, 6) is -0.587. The van der Waals surface area contributed by atoms with Gasteiger partial charge in [-0.3, -0.25) is 9.59 Å². The summed E-state index contributed by atoms with van der Waals surface area (Å²) in [6.07, 6.45) is 1.32. The fourth-order valence-electron chi connectivity index (χ4n) is 1.20. The van der Waals surface area contributed by atoms with Crippen LogP contribution in [0.15, 0.2) is 18.2 Å². The number of benzene rings is 1. The normalized spacial score (nSPS) is 9.76. The molecule has 1 aromatic rings. The number of ether oxygens (including phenoxy) is 1. The van der Waals surface area contributed by atoms with Crippen LogP contribution in [0.2, 0.25) is 0 Å². The number of hydrogen-bond acceptors (Lipinski definition) is 3. The van der Waals surface area contributed by atoms with Crippen molar-refractivity contribution in [3.05, 3.63) is 29.6 Å². The van der Waals surface area contributed by atoms with Gasteiger partial charge in [-0.1, -0.05) is 6.92 Å². The van der Waals surface area contributed by atoms with E-state index in [1.807, 2.05) is 6.92 Å². The summed E-state index contributed by atoms with van der Waals surface area (Å²) in [5.41, 5.74) is 0.0910. The fourth-order valence-corrected chi connectivity index (χ4v) is 1.20. The van der Waals surface area contributed by atoms with E-state index < -0.39 is 5.82 Å². The lowest BCUT2D eigenvalue weighted by Gasteiger charge is -2.08. The second-order valence-corrected chi connectivity index (χ2v) is 3.44. The third-order valence-electron chi connectivity index (χ3n) is 2.03. The minimum atomic E-state index is -0.519. The van der Waals surface area contributed by atoms with Gasteiger partial charge in [-0.25, -0.2) is 4.39 Å². The first-order chi connectivity index (χ1) is 8.17. The van der Waals surface area contributed by atoms with Gasteiger partial charge in [0, 0.05) is 6.54 Å². The Morgan fingerprint density at radius 1 is 1.53 bits per heavy atom. The van der Waals surface area contributed by atoms with Crippen LogP contribution in [0.4, 0.5) is 4.39 Å². The van der Waals surface area contributed by atoms with Gasteiger partial charge in [-0.15, -0.1) is 0 Å². The molecule has 1 aromatic carbocycles. The second kappa shape index (κ2) is 6.62. The standard InChI is InChI=1S/C12H14FNO3/c1-2-5-14-12(16)8-17-11-4-3-10(13)6-9(11)7-15/h3-4,6-7H,2,5,8H2,1H3,(H,14,16). The first kappa shape index (κ1) is 13.2. The van der Waals surface area contributed by atoms with Crippen LogP contribution in [0, 0.1) is 5.82 Å². The molecule has 92 valence electrons. The van der Waals surface area contributed by atoms with Crippen LogP contribution in [-0.4, -0.2) is 25.3 Å². The number of carbonyl (C=O) groups excluding carboxylic acids is 2. The molecule has 1 N–H and O–H groups in total. The average molecular weight is 239 g/mol. The van der Waals surface area contributed by atoms with Gasteiger partial charge >= 0.3 is 0 Å². The molecule has 0 fully saturated rings. The van der Waals surface area contributed by atoms with Crippen molar-refractivity contribution in [1.82, 2.24) is 5.32 Å². The van der Waals surface area contributed by atoms with Crippen LogP contribution < -0.4 is 10.1 Å². The van der Waals surface area contributed by atoms with E-state index in [2.05, 4.69) is 5.32 Å². The molecule has 5 heteroatoms. The molecule has 0 saturated heterocycles. The van der Waals surface area contributed by atoms with Crippen molar-refractivity contribution in [3.8, 4) is 5.75 Å². The lowest BCUT2D eigenvalue weighted by molar-refractivity contribution is -0.123. The zero-order valence-electron chi connectivity index (χ0n) is 9.53. The van der Waals surface area contributed by atoms with Crippen molar-refractivity contribution in [2.45, 2.75) is 13.3 Å². The van der Waals surface area contributed by atoms with Crippen molar-refractivity contribution in [1.29, 1.82) is 0 Å². The topological polar surface area (TPSA) is 55.4 Å². The van der Waals surface area contributed by atoms with Crippen molar-refractivity contribution in [2.75, 3.05) is 13.2 Å². The molecule has 0 radical (unpaired) electrons. The van der Waals surface area contributed by atoms with Crippen LogP contribution >= 0.6 is 0 Å². The molecular formula is C12H14FNO3. The summed E-state index contributed by atoms with van der Waals surface area (Å²) in [6.45, 7) is 2.32. The highest BCUT2D eigenvalue weighted by atomic mass is 19.1. The van der Waals surface area contributed by atoms with Gasteiger partial charge in [0.05, 0.1) is 5.56 Å². The quantitative estimate of drug-likeness (QED) is 0.766. The highest BCUT2D eigenvalue weighted by Gasteiger charge is 2.07. The van der Waals surface area contributed by atoms with Crippen LogP contribution in [0.25, 0.3) is 0 Å². The molecule has 0 spiro atoms. The Morgan fingerprint density at radius 2 is 2.29 bits per heavy atom. The molecule has 0 heterocycles. The van der Waals surface area contributed by atoms with E-state index in [9.17, 15) is 14.0 Å². The number of halogens is 1. The van der Waals surface area contributed by atoms with Gasteiger partial charge < -0.3 is 10.1 Å². The van der Waals surface area contributed by atoms with E-state index in [1.165, 1.54) is 12.1 Å². The molecule has 0 aliphatic heterocycles. The molecule has 0 aliphatic rings. The third kappa shape index (κ3) is 4.22. The minimum absolute atomic E-state index is 0.0910. The van der Waals surface area contributed by atoms with Gasteiger partial charge in [-0.2, -0.15) is 0 Å². The lowest BCUT2D eigenvalue weighted by atomic mass is 10.2. The monoisotopic (exact) mass is 239 g/mol. The van der Waals surface area contributed by atoms with Crippen LogP contribution in [0.1, 0.15) is 23.7 Å². The molecule has 0 aromatic heterocycles. The summed E-state index contributed by atoms with van der Waals surface area (Å²) in [7, 11) is 0. The summed E-state index contributed by atoms with van der Waals surface area (Å²) in [6, 6.07) is 3.56. The van der Waals surface area contributed by atoms with E-state index in [-0.39, 0.29) is 23.8 Å². The zero-order valence-corrected chi connectivity index (χ0v) is 9.53. The molecule has 0 bridgehead atoms. The Labute approximate surface area is 98.8 Å². The maximum atomic E-state index is 12.8. The smallest absolute Gasteiger partial charge is 0.257 e. The SMILES string of the molecule is CCCNC(=O)COc1ccc(F)cc1C=O. The Kier molecular flexibility index (Phi) is 5.13. The maximum Gasteiger partial charge on any atom is 0.257 e. The maximum absolute atomic E-state index is 12.8. The van der Waals surface area contributed by atoms with E-state index in [0.717, 1.165) is 12.5 Å². The Bertz CT molecular complexity index is 407. The molecule has 17 heavy (non-hydrogen) atoms.